The summed E-state index contributed by atoms with van der Waals surface area (Å²) in [6, 6.07) is 0. The molecule has 0 bridgehead atoms. The van der Waals surface area contributed by atoms with E-state index in [0.717, 1.165) is 29.9 Å². The molecular weight excluding hydrogens is 432 g/mol. The molecule has 31 heavy (non-hydrogen) atoms. The van der Waals surface area contributed by atoms with Gasteiger partial charge in [0.25, 0.3) is 5.91 Å². The lowest BCUT2D eigenvalue weighted by Gasteiger charge is -2.21. The van der Waals surface area contributed by atoms with Gasteiger partial charge in [-0.3, -0.25) is 9.59 Å². The Morgan fingerprint density at radius 2 is 1.97 bits per heavy atom. The third-order valence-corrected chi connectivity index (χ3v) is 7.61. The van der Waals surface area contributed by atoms with Crippen LogP contribution in [0.4, 0.5) is 5.13 Å². The molecule has 0 aromatic carbocycles. The number of aromatic nitrogens is 4. The Kier molecular flexibility index (Phi) is 8.48. The Morgan fingerprint density at radius 1 is 1.23 bits per heavy atom. The molecular formula is C21H32N6O2S2. The van der Waals surface area contributed by atoms with Gasteiger partial charge in [0, 0.05) is 27.1 Å². The van der Waals surface area contributed by atoms with Crippen LogP contribution >= 0.6 is 23.1 Å². The Bertz CT molecular complexity index is 902. The fourth-order valence-electron chi connectivity index (χ4n) is 3.87. The van der Waals surface area contributed by atoms with Gasteiger partial charge < -0.3 is 14.8 Å². The van der Waals surface area contributed by atoms with Crippen molar-refractivity contribution in [2.75, 3.05) is 25.2 Å². The van der Waals surface area contributed by atoms with Crippen LogP contribution < -0.4 is 5.32 Å². The number of carbonyl (C=O) groups is 2. The van der Waals surface area contributed by atoms with Crippen LogP contribution in [-0.2, 0) is 17.8 Å². The Morgan fingerprint density at radius 3 is 2.65 bits per heavy atom. The van der Waals surface area contributed by atoms with E-state index in [-0.39, 0.29) is 17.6 Å². The minimum Gasteiger partial charge on any atom is -0.344 e. The zero-order valence-corrected chi connectivity index (χ0v) is 20.4. The van der Waals surface area contributed by atoms with E-state index >= 15 is 0 Å². The van der Waals surface area contributed by atoms with Crippen molar-refractivity contribution in [3.8, 4) is 0 Å². The predicted octanol–water partition coefficient (Wildman–Crippen LogP) is 4.01. The Hall–Kier alpha value is -1.94. The number of nitrogens with zero attached hydrogens (tertiary/aromatic N) is 5. The summed E-state index contributed by atoms with van der Waals surface area (Å²) in [5, 5.41) is 12.7. The molecule has 0 radical (unpaired) electrons. The summed E-state index contributed by atoms with van der Waals surface area (Å²) in [6.07, 6.45) is 8.86. The summed E-state index contributed by atoms with van der Waals surface area (Å²) >= 11 is 2.58. The van der Waals surface area contributed by atoms with Gasteiger partial charge in [0.05, 0.1) is 11.4 Å². The van der Waals surface area contributed by atoms with Crippen molar-refractivity contribution in [3.63, 3.8) is 0 Å². The van der Waals surface area contributed by atoms with Crippen LogP contribution in [0.3, 0.4) is 0 Å². The van der Waals surface area contributed by atoms with Crippen LogP contribution in [0, 0.1) is 12.8 Å². The molecule has 1 saturated carbocycles. The molecule has 1 aliphatic carbocycles. The summed E-state index contributed by atoms with van der Waals surface area (Å²) in [7, 11) is 3.40. The van der Waals surface area contributed by atoms with Gasteiger partial charge in [-0.2, -0.15) is 0 Å². The first kappa shape index (κ1) is 23.7. The van der Waals surface area contributed by atoms with Crippen molar-refractivity contribution in [3.05, 3.63) is 16.4 Å². The molecule has 2 heterocycles. The first-order chi connectivity index (χ1) is 14.9. The molecule has 1 N–H and O–H groups in total. The first-order valence-corrected chi connectivity index (χ1v) is 12.7. The Balaban J connectivity index is 1.53. The lowest BCUT2D eigenvalue weighted by Crippen LogP contribution is -2.21. The number of carbonyl (C=O) groups excluding carboxylic acids is 2. The molecule has 2 aromatic heterocycles. The van der Waals surface area contributed by atoms with Gasteiger partial charge in [-0.15, -0.1) is 10.2 Å². The van der Waals surface area contributed by atoms with Gasteiger partial charge in [-0.05, 0) is 26.2 Å². The molecule has 1 aliphatic rings. The van der Waals surface area contributed by atoms with E-state index in [9.17, 15) is 9.59 Å². The maximum Gasteiger partial charge on any atom is 0.265 e. The number of thioether (sulfide) groups is 1. The number of thiazole rings is 1. The van der Waals surface area contributed by atoms with Gasteiger partial charge in [-0.1, -0.05) is 55.2 Å². The molecule has 0 spiro atoms. The lowest BCUT2D eigenvalue weighted by atomic mass is 9.86. The average molecular weight is 465 g/mol. The molecule has 10 heteroatoms. The van der Waals surface area contributed by atoms with E-state index in [0.29, 0.717) is 15.7 Å². The maximum absolute atomic E-state index is 12.4. The molecule has 2 amide bonds. The smallest absolute Gasteiger partial charge is 0.265 e. The largest absolute Gasteiger partial charge is 0.344 e. The van der Waals surface area contributed by atoms with Crippen molar-refractivity contribution in [1.29, 1.82) is 0 Å². The topological polar surface area (TPSA) is 93.0 Å². The van der Waals surface area contributed by atoms with E-state index < -0.39 is 0 Å². The van der Waals surface area contributed by atoms with Crippen molar-refractivity contribution >= 4 is 40.0 Å². The van der Waals surface area contributed by atoms with Gasteiger partial charge in [0.2, 0.25) is 5.91 Å². The molecule has 3 rings (SSSR count). The van der Waals surface area contributed by atoms with Crippen molar-refractivity contribution < 1.29 is 9.59 Å². The van der Waals surface area contributed by atoms with Crippen LogP contribution in [0.25, 0.3) is 0 Å². The van der Waals surface area contributed by atoms with E-state index in [1.165, 1.54) is 66.5 Å². The number of hydrogen-bond acceptors (Lipinski definition) is 7. The molecule has 0 saturated heterocycles. The second-order valence-electron chi connectivity index (χ2n) is 8.16. The molecule has 0 atom stereocenters. The molecule has 0 unspecified atom stereocenters. The first-order valence-electron chi connectivity index (χ1n) is 10.9. The summed E-state index contributed by atoms with van der Waals surface area (Å²) < 4.78 is 2.11. The third kappa shape index (κ3) is 6.29. The molecule has 0 aliphatic heterocycles. The fourth-order valence-corrected chi connectivity index (χ4v) is 5.70. The number of nitrogens with one attached hydrogen (secondary N) is 1. The lowest BCUT2D eigenvalue weighted by molar-refractivity contribution is -0.113. The van der Waals surface area contributed by atoms with Gasteiger partial charge >= 0.3 is 0 Å². The monoisotopic (exact) mass is 464 g/mol. The van der Waals surface area contributed by atoms with E-state index in [1.807, 2.05) is 0 Å². The fraction of sp³-hybridized carbons (Fsp3) is 0.667. The minimum atomic E-state index is -0.169. The molecule has 1 fully saturated rings. The summed E-state index contributed by atoms with van der Waals surface area (Å²) in [4.78, 5) is 31.0. The van der Waals surface area contributed by atoms with Crippen LogP contribution in [0.1, 0.15) is 66.6 Å². The molecule has 8 nitrogen and oxygen atoms in total. The molecule has 2 aromatic rings. The predicted molar refractivity (Wildman–Crippen MR) is 125 cm³/mol. The zero-order chi connectivity index (χ0) is 22.4. The minimum absolute atomic E-state index is 0.110. The summed E-state index contributed by atoms with van der Waals surface area (Å²) in [5.74, 6) is 1.76. The number of amides is 2. The van der Waals surface area contributed by atoms with Crippen molar-refractivity contribution in [2.45, 2.75) is 70.5 Å². The van der Waals surface area contributed by atoms with E-state index in [2.05, 4.69) is 32.0 Å². The normalized spacial score (nSPS) is 14.6. The number of anilines is 1. The highest BCUT2D eigenvalue weighted by Crippen LogP contribution is 2.28. The zero-order valence-electron chi connectivity index (χ0n) is 18.8. The second kappa shape index (κ2) is 11.1. The van der Waals surface area contributed by atoms with Crippen molar-refractivity contribution in [2.24, 2.45) is 5.92 Å². The Labute approximate surface area is 192 Å². The SMILES string of the molecule is CCn1c(CCC2CCCCC2)nnc1SCC(=O)Nc1nc(C)c(C(=O)N(C)C)s1. The van der Waals surface area contributed by atoms with E-state index in [4.69, 9.17) is 0 Å². The van der Waals surface area contributed by atoms with Gasteiger partial charge in [0.15, 0.2) is 10.3 Å². The highest BCUT2D eigenvalue weighted by Gasteiger charge is 2.20. The van der Waals surface area contributed by atoms with Crippen LogP contribution in [0.2, 0.25) is 0 Å². The third-order valence-electron chi connectivity index (χ3n) is 5.59. The number of aryl methyl sites for hydroxylation is 2. The van der Waals surface area contributed by atoms with E-state index in [1.54, 1.807) is 21.0 Å². The van der Waals surface area contributed by atoms with Crippen LogP contribution in [0.5, 0.6) is 0 Å². The molecule has 170 valence electrons. The van der Waals surface area contributed by atoms with Gasteiger partial charge in [-0.25, -0.2) is 4.98 Å². The van der Waals surface area contributed by atoms with Crippen LogP contribution in [0.15, 0.2) is 5.16 Å². The number of rotatable bonds is 9. The average Bonchev–Trinajstić information content (AvgIpc) is 3.32. The maximum atomic E-state index is 12.4. The number of hydrogen-bond donors (Lipinski definition) is 1. The highest BCUT2D eigenvalue weighted by molar-refractivity contribution is 7.99. The summed E-state index contributed by atoms with van der Waals surface area (Å²) in [5.41, 5.74) is 0.625. The second-order valence-corrected chi connectivity index (χ2v) is 10.1. The summed E-state index contributed by atoms with van der Waals surface area (Å²) in [6.45, 7) is 4.65. The van der Waals surface area contributed by atoms with Gasteiger partial charge in [0.1, 0.15) is 10.7 Å². The quantitative estimate of drug-likeness (QED) is 0.564. The highest BCUT2D eigenvalue weighted by atomic mass is 32.2. The standard InChI is InChI=1S/C21H32N6O2S2/c1-5-27-16(12-11-15-9-7-6-8-10-15)24-25-21(27)30-13-17(28)23-20-22-14(2)18(31-20)19(29)26(3)4/h15H,5-13H2,1-4H3,(H,22,23,28). The van der Waals surface area contributed by atoms with Crippen LogP contribution in [-0.4, -0.2) is 56.3 Å². The van der Waals surface area contributed by atoms with Crippen molar-refractivity contribution in [1.82, 2.24) is 24.6 Å².